The molecule has 1 unspecified atom stereocenters. The van der Waals surface area contributed by atoms with Gasteiger partial charge in [-0.15, -0.1) is 0 Å². The van der Waals surface area contributed by atoms with Gasteiger partial charge in [-0.3, -0.25) is 4.79 Å². The van der Waals surface area contributed by atoms with Gasteiger partial charge in [0.05, 0.1) is 40.3 Å². The van der Waals surface area contributed by atoms with E-state index in [2.05, 4.69) is 10.00 Å². The highest BCUT2D eigenvalue weighted by Crippen LogP contribution is 2.30. The molecular weight excluding hydrogens is 361 g/mol. The summed E-state index contributed by atoms with van der Waals surface area (Å²) in [7, 11) is 1.98. The molecule has 1 aromatic carbocycles. The van der Waals surface area contributed by atoms with Gasteiger partial charge in [-0.1, -0.05) is 34.8 Å². The van der Waals surface area contributed by atoms with Crippen molar-refractivity contribution in [3.63, 3.8) is 0 Å². The van der Waals surface area contributed by atoms with Gasteiger partial charge in [-0.05, 0) is 24.6 Å². The van der Waals surface area contributed by atoms with E-state index in [1.807, 2.05) is 13.1 Å². The van der Waals surface area contributed by atoms with E-state index in [9.17, 15) is 4.79 Å². The van der Waals surface area contributed by atoms with Crippen molar-refractivity contribution in [2.75, 3.05) is 25.2 Å². The maximum absolute atomic E-state index is 12.1. The maximum atomic E-state index is 12.1. The van der Waals surface area contributed by atoms with Gasteiger partial charge >= 0.3 is 0 Å². The lowest BCUT2D eigenvalue weighted by Crippen LogP contribution is -2.32. The first kappa shape index (κ1) is 16.6. The highest BCUT2D eigenvalue weighted by Gasteiger charge is 2.22. The van der Waals surface area contributed by atoms with E-state index in [0.29, 0.717) is 23.4 Å². The fourth-order valence-corrected chi connectivity index (χ4v) is 3.10. The van der Waals surface area contributed by atoms with Crippen LogP contribution in [-0.4, -0.2) is 36.1 Å². The molecule has 0 aliphatic carbocycles. The summed E-state index contributed by atoms with van der Waals surface area (Å²) in [5.41, 5.74) is 0.915. The number of rotatable bonds is 3. The molecule has 1 aliphatic heterocycles. The molecule has 0 radical (unpaired) electrons. The summed E-state index contributed by atoms with van der Waals surface area (Å²) in [5.74, 6) is 0. The van der Waals surface area contributed by atoms with Crippen LogP contribution in [0.2, 0.25) is 15.1 Å². The molecule has 8 heteroatoms. The molecule has 1 aliphatic rings. The molecule has 23 heavy (non-hydrogen) atoms. The van der Waals surface area contributed by atoms with Crippen LogP contribution in [0.25, 0.3) is 5.69 Å². The third-order valence-corrected chi connectivity index (χ3v) is 4.94. The highest BCUT2D eigenvalue weighted by atomic mass is 35.5. The van der Waals surface area contributed by atoms with Crippen molar-refractivity contribution in [2.45, 2.75) is 12.5 Å². The Morgan fingerprint density at radius 1 is 1.30 bits per heavy atom. The first-order chi connectivity index (χ1) is 11.0. The zero-order valence-corrected chi connectivity index (χ0v) is 14.6. The molecule has 5 nitrogen and oxygen atoms in total. The Labute approximate surface area is 148 Å². The van der Waals surface area contributed by atoms with Crippen molar-refractivity contribution in [3.05, 3.63) is 49.8 Å². The van der Waals surface area contributed by atoms with E-state index < -0.39 is 5.56 Å². The van der Waals surface area contributed by atoms with Crippen LogP contribution < -0.4 is 10.5 Å². The third-order valence-electron chi connectivity index (χ3n) is 3.89. The average Bonchev–Trinajstić information content (AvgIpc) is 3.06. The van der Waals surface area contributed by atoms with E-state index >= 15 is 0 Å². The van der Waals surface area contributed by atoms with Gasteiger partial charge in [0.15, 0.2) is 0 Å². The van der Waals surface area contributed by atoms with Crippen LogP contribution >= 0.6 is 34.8 Å². The fourth-order valence-electron chi connectivity index (χ4n) is 2.53. The highest BCUT2D eigenvalue weighted by molar-refractivity contribution is 6.41. The van der Waals surface area contributed by atoms with Gasteiger partial charge in [0, 0.05) is 13.7 Å². The first-order valence-corrected chi connectivity index (χ1v) is 8.16. The predicted octanol–water partition coefficient (Wildman–Crippen LogP) is 3.42. The number of benzene rings is 1. The second-order valence-corrected chi connectivity index (χ2v) is 6.48. The Balaban J connectivity index is 1.96. The Bertz CT molecular complexity index is 788. The minimum atomic E-state index is -0.486. The fraction of sp³-hybridized carbons (Fsp3) is 0.333. The van der Waals surface area contributed by atoms with Crippen LogP contribution in [0.4, 0.5) is 5.69 Å². The maximum Gasteiger partial charge on any atom is 0.291 e. The monoisotopic (exact) mass is 373 g/mol. The lowest BCUT2D eigenvalue weighted by Gasteiger charge is -2.26. The van der Waals surface area contributed by atoms with E-state index in [0.717, 1.165) is 18.7 Å². The lowest BCUT2D eigenvalue weighted by atomic mass is 10.2. The summed E-state index contributed by atoms with van der Waals surface area (Å²) in [4.78, 5) is 14.2. The molecule has 1 aromatic heterocycles. The molecule has 0 spiro atoms. The van der Waals surface area contributed by atoms with E-state index in [1.165, 1.54) is 10.9 Å². The summed E-state index contributed by atoms with van der Waals surface area (Å²) in [6, 6.07) is 5.60. The second-order valence-electron chi connectivity index (χ2n) is 5.29. The van der Waals surface area contributed by atoms with Crippen LogP contribution in [0.3, 0.4) is 0 Å². The number of likely N-dealkylation sites (N-methyl/N-ethyl adjacent to an activating group) is 1. The van der Waals surface area contributed by atoms with Crippen molar-refractivity contribution in [3.8, 4) is 5.69 Å². The quantitative estimate of drug-likeness (QED) is 0.826. The standard InChI is InChI=1S/C15H14Cl3N3O2/c1-20(10-4-5-23-8-10)13-3-2-9(6-11(13)16)21-15(22)14(18)12(17)7-19-21/h2-3,6-7,10H,4-5,8H2,1H3. The van der Waals surface area contributed by atoms with Crippen LogP contribution in [0.1, 0.15) is 6.42 Å². The number of ether oxygens (including phenoxy) is 1. The summed E-state index contributed by atoms with van der Waals surface area (Å²) in [5, 5.41) is 4.58. The molecule has 1 fully saturated rings. The van der Waals surface area contributed by atoms with Crippen molar-refractivity contribution in [1.29, 1.82) is 0 Å². The Morgan fingerprint density at radius 2 is 2.09 bits per heavy atom. The van der Waals surface area contributed by atoms with Gasteiger partial charge < -0.3 is 9.64 Å². The normalized spacial score (nSPS) is 17.5. The van der Waals surface area contributed by atoms with Crippen molar-refractivity contribution in [1.82, 2.24) is 9.78 Å². The zero-order chi connectivity index (χ0) is 16.6. The summed E-state index contributed by atoms with van der Waals surface area (Å²) in [6.07, 6.45) is 2.29. The predicted molar refractivity (Wildman–Crippen MR) is 92.5 cm³/mol. The van der Waals surface area contributed by atoms with Crippen molar-refractivity contribution in [2.24, 2.45) is 0 Å². The molecule has 0 amide bonds. The molecule has 0 saturated carbocycles. The van der Waals surface area contributed by atoms with Crippen LogP contribution in [0.15, 0.2) is 29.2 Å². The van der Waals surface area contributed by atoms with Crippen molar-refractivity contribution >= 4 is 40.5 Å². The Kier molecular flexibility index (Phi) is 4.82. The van der Waals surface area contributed by atoms with Gasteiger partial charge in [0.25, 0.3) is 5.56 Å². The molecule has 0 bridgehead atoms. The van der Waals surface area contributed by atoms with Gasteiger partial charge in [-0.2, -0.15) is 9.78 Å². The minimum absolute atomic E-state index is 0.0675. The number of anilines is 1. The summed E-state index contributed by atoms with van der Waals surface area (Å²) in [6.45, 7) is 1.44. The largest absolute Gasteiger partial charge is 0.379 e. The second kappa shape index (κ2) is 6.69. The SMILES string of the molecule is CN(c1ccc(-n2ncc(Cl)c(Cl)c2=O)cc1Cl)C1CCOC1. The van der Waals surface area contributed by atoms with Gasteiger partial charge in [0.1, 0.15) is 5.02 Å². The third kappa shape index (κ3) is 3.19. The van der Waals surface area contributed by atoms with Crippen molar-refractivity contribution < 1.29 is 4.74 Å². The van der Waals surface area contributed by atoms with Crippen LogP contribution in [0, 0.1) is 0 Å². The molecule has 0 N–H and O–H groups in total. The summed E-state index contributed by atoms with van der Waals surface area (Å²) < 4.78 is 6.57. The van der Waals surface area contributed by atoms with Gasteiger partial charge in [0.2, 0.25) is 0 Å². The Morgan fingerprint density at radius 3 is 2.74 bits per heavy atom. The van der Waals surface area contributed by atoms with Gasteiger partial charge in [-0.25, -0.2) is 0 Å². The molecule has 2 heterocycles. The number of nitrogens with zero attached hydrogens (tertiary/aromatic N) is 3. The molecule has 122 valence electrons. The Hall–Kier alpha value is -1.27. The van der Waals surface area contributed by atoms with E-state index in [-0.39, 0.29) is 10.0 Å². The topological polar surface area (TPSA) is 47.4 Å². The van der Waals surface area contributed by atoms with Crippen LogP contribution in [0.5, 0.6) is 0 Å². The number of hydrogen-bond acceptors (Lipinski definition) is 4. The molecule has 1 saturated heterocycles. The molecule has 2 aromatic rings. The number of halogens is 3. The van der Waals surface area contributed by atoms with E-state index in [1.54, 1.807) is 12.1 Å². The minimum Gasteiger partial charge on any atom is -0.379 e. The molecule has 3 rings (SSSR count). The van der Waals surface area contributed by atoms with E-state index in [4.69, 9.17) is 39.5 Å². The lowest BCUT2D eigenvalue weighted by molar-refractivity contribution is 0.193. The smallest absolute Gasteiger partial charge is 0.291 e. The zero-order valence-electron chi connectivity index (χ0n) is 12.3. The number of aromatic nitrogens is 2. The first-order valence-electron chi connectivity index (χ1n) is 7.03. The van der Waals surface area contributed by atoms with Crippen LogP contribution in [-0.2, 0) is 4.74 Å². The number of hydrogen-bond donors (Lipinski definition) is 0. The summed E-state index contributed by atoms with van der Waals surface area (Å²) >= 11 is 18.1. The average molecular weight is 375 g/mol. The molecular formula is C15H14Cl3N3O2. The molecule has 1 atom stereocenters.